The number of carbonyl (C=O) groups is 1. The maximum Gasteiger partial charge on any atom is 0.233 e. The Bertz CT molecular complexity index is 607. The second-order valence-corrected chi connectivity index (χ2v) is 6.76. The second kappa shape index (κ2) is 6.95. The monoisotopic (exact) mass is 321 g/mol. The molecule has 1 unspecified atom stereocenters. The molecule has 1 saturated carbocycles. The van der Waals surface area contributed by atoms with Crippen LogP contribution in [-0.4, -0.2) is 37.4 Å². The van der Waals surface area contributed by atoms with E-state index < -0.39 is 0 Å². The van der Waals surface area contributed by atoms with Crippen LogP contribution in [0.2, 0.25) is 0 Å². The average Bonchev–Trinajstić information content (AvgIpc) is 3.23. The third-order valence-electron chi connectivity index (χ3n) is 3.74. The molecule has 2 aromatic rings. The maximum atomic E-state index is 12.2. The molecule has 22 heavy (non-hydrogen) atoms. The fourth-order valence-corrected chi connectivity index (χ4v) is 3.33. The Labute approximate surface area is 132 Å². The van der Waals surface area contributed by atoms with Crippen LogP contribution in [0.25, 0.3) is 0 Å². The Morgan fingerprint density at radius 3 is 3.09 bits per heavy atom. The lowest BCUT2D eigenvalue weighted by Gasteiger charge is -2.15. The molecule has 8 heteroatoms. The van der Waals surface area contributed by atoms with E-state index in [-0.39, 0.29) is 11.2 Å². The highest BCUT2D eigenvalue weighted by Crippen LogP contribution is 2.23. The SMILES string of the molecule is CC(Sc1nnnn1Cc1ccco1)C(=O)NC1CCCC1. The van der Waals surface area contributed by atoms with Gasteiger partial charge in [-0.2, -0.15) is 0 Å². The smallest absolute Gasteiger partial charge is 0.233 e. The van der Waals surface area contributed by atoms with Crippen molar-refractivity contribution in [1.82, 2.24) is 25.5 Å². The van der Waals surface area contributed by atoms with Crippen molar-refractivity contribution < 1.29 is 9.21 Å². The van der Waals surface area contributed by atoms with Crippen LogP contribution in [0.5, 0.6) is 0 Å². The van der Waals surface area contributed by atoms with Crippen LogP contribution in [0.1, 0.15) is 38.4 Å². The first-order valence-corrected chi connectivity index (χ1v) is 8.36. The lowest BCUT2D eigenvalue weighted by atomic mass is 10.2. The van der Waals surface area contributed by atoms with Gasteiger partial charge in [0, 0.05) is 6.04 Å². The molecular formula is C14H19N5O2S. The highest BCUT2D eigenvalue weighted by molar-refractivity contribution is 8.00. The minimum absolute atomic E-state index is 0.0458. The summed E-state index contributed by atoms with van der Waals surface area (Å²) in [4.78, 5) is 12.2. The molecule has 2 heterocycles. The van der Waals surface area contributed by atoms with Crippen LogP contribution >= 0.6 is 11.8 Å². The zero-order chi connectivity index (χ0) is 15.4. The Morgan fingerprint density at radius 1 is 1.55 bits per heavy atom. The Morgan fingerprint density at radius 2 is 2.36 bits per heavy atom. The van der Waals surface area contributed by atoms with Crippen molar-refractivity contribution in [2.45, 2.75) is 55.6 Å². The summed E-state index contributed by atoms with van der Waals surface area (Å²) >= 11 is 1.36. The number of furan rings is 1. The average molecular weight is 321 g/mol. The molecule has 1 atom stereocenters. The number of carbonyl (C=O) groups excluding carboxylic acids is 1. The molecular weight excluding hydrogens is 302 g/mol. The minimum atomic E-state index is -0.234. The molecule has 1 N–H and O–H groups in total. The second-order valence-electron chi connectivity index (χ2n) is 5.45. The van der Waals surface area contributed by atoms with Crippen LogP contribution in [0.3, 0.4) is 0 Å². The largest absolute Gasteiger partial charge is 0.467 e. The third kappa shape index (κ3) is 3.68. The van der Waals surface area contributed by atoms with Crippen molar-refractivity contribution in [3.05, 3.63) is 24.2 Å². The van der Waals surface area contributed by atoms with E-state index in [1.165, 1.54) is 24.6 Å². The molecule has 2 aromatic heterocycles. The predicted octanol–water partition coefficient (Wildman–Crippen LogP) is 1.85. The van der Waals surface area contributed by atoms with E-state index in [2.05, 4.69) is 20.8 Å². The van der Waals surface area contributed by atoms with Gasteiger partial charge in [-0.05, 0) is 42.3 Å². The molecule has 0 aliphatic heterocycles. The number of hydrogen-bond donors (Lipinski definition) is 1. The number of amides is 1. The van der Waals surface area contributed by atoms with Crippen molar-refractivity contribution in [2.24, 2.45) is 0 Å². The lowest BCUT2D eigenvalue weighted by Crippen LogP contribution is -2.37. The van der Waals surface area contributed by atoms with Gasteiger partial charge in [-0.25, -0.2) is 4.68 Å². The molecule has 7 nitrogen and oxygen atoms in total. The summed E-state index contributed by atoms with van der Waals surface area (Å²) in [7, 11) is 0. The Hall–Kier alpha value is -1.83. The Balaban J connectivity index is 1.58. The summed E-state index contributed by atoms with van der Waals surface area (Å²) < 4.78 is 6.94. The highest BCUT2D eigenvalue weighted by atomic mass is 32.2. The molecule has 1 aliphatic carbocycles. The van der Waals surface area contributed by atoms with Crippen LogP contribution in [0, 0.1) is 0 Å². The quantitative estimate of drug-likeness (QED) is 0.817. The van der Waals surface area contributed by atoms with Crippen LogP contribution < -0.4 is 5.32 Å². The summed E-state index contributed by atoms with van der Waals surface area (Å²) in [5.74, 6) is 0.821. The van der Waals surface area contributed by atoms with Crippen molar-refractivity contribution in [2.75, 3.05) is 0 Å². The number of thioether (sulfide) groups is 1. The van der Waals surface area contributed by atoms with E-state index in [9.17, 15) is 4.79 Å². The molecule has 0 bridgehead atoms. The predicted molar refractivity (Wildman–Crippen MR) is 81.3 cm³/mol. The molecule has 1 amide bonds. The molecule has 0 saturated heterocycles. The fourth-order valence-electron chi connectivity index (χ4n) is 2.53. The summed E-state index contributed by atoms with van der Waals surface area (Å²) in [6.07, 6.45) is 6.19. The zero-order valence-electron chi connectivity index (χ0n) is 12.4. The van der Waals surface area contributed by atoms with Gasteiger partial charge in [0.25, 0.3) is 0 Å². The molecule has 0 radical (unpaired) electrons. The first kappa shape index (κ1) is 15.1. The number of aromatic nitrogens is 4. The van der Waals surface area contributed by atoms with Crippen LogP contribution in [0.15, 0.2) is 28.0 Å². The van der Waals surface area contributed by atoms with Crippen molar-refractivity contribution in [3.63, 3.8) is 0 Å². The topological polar surface area (TPSA) is 85.8 Å². The van der Waals surface area contributed by atoms with Gasteiger partial charge in [0.1, 0.15) is 12.3 Å². The molecule has 118 valence electrons. The van der Waals surface area contributed by atoms with Crippen molar-refractivity contribution in [3.8, 4) is 0 Å². The molecule has 1 aliphatic rings. The summed E-state index contributed by atoms with van der Waals surface area (Å²) in [6.45, 7) is 2.33. The van der Waals surface area contributed by atoms with Gasteiger partial charge >= 0.3 is 0 Å². The van der Waals surface area contributed by atoms with E-state index in [0.29, 0.717) is 17.7 Å². The molecule has 0 aromatic carbocycles. The van der Waals surface area contributed by atoms with Gasteiger partial charge in [0.2, 0.25) is 11.1 Å². The number of nitrogens with zero attached hydrogens (tertiary/aromatic N) is 4. The van der Waals surface area contributed by atoms with Gasteiger partial charge < -0.3 is 9.73 Å². The minimum Gasteiger partial charge on any atom is -0.467 e. The maximum absolute atomic E-state index is 12.2. The van der Waals surface area contributed by atoms with Crippen molar-refractivity contribution >= 4 is 17.7 Å². The van der Waals surface area contributed by atoms with E-state index in [1.807, 2.05) is 19.1 Å². The normalized spacial score (nSPS) is 16.8. The van der Waals surface area contributed by atoms with E-state index >= 15 is 0 Å². The van der Waals surface area contributed by atoms with Crippen LogP contribution in [0.4, 0.5) is 0 Å². The van der Waals surface area contributed by atoms with Gasteiger partial charge in [0.15, 0.2) is 0 Å². The van der Waals surface area contributed by atoms with E-state index in [1.54, 1.807) is 10.9 Å². The van der Waals surface area contributed by atoms with E-state index in [4.69, 9.17) is 4.42 Å². The summed E-state index contributed by atoms with van der Waals surface area (Å²) in [5, 5.41) is 15.1. The third-order valence-corrected chi connectivity index (χ3v) is 4.81. The number of rotatable bonds is 6. The van der Waals surface area contributed by atoms with Crippen molar-refractivity contribution in [1.29, 1.82) is 0 Å². The molecule has 1 fully saturated rings. The molecule has 0 spiro atoms. The first-order chi connectivity index (χ1) is 10.7. The zero-order valence-corrected chi connectivity index (χ0v) is 13.3. The number of nitrogens with one attached hydrogen (secondary N) is 1. The Kier molecular flexibility index (Phi) is 4.77. The van der Waals surface area contributed by atoms with Gasteiger partial charge in [0.05, 0.1) is 11.5 Å². The number of tetrazole rings is 1. The van der Waals surface area contributed by atoms with E-state index in [0.717, 1.165) is 18.6 Å². The fraction of sp³-hybridized carbons (Fsp3) is 0.571. The van der Waals surface area contributed by atoms with Gasteiger partial charge in [-0.15, -0.1) is 5.10 Å². The van der Waals surface area contributed by atoms with Crippen LogP contribution in [-0.2, 0) is 11.3 Å². The summed E-state index contributed by atoms with van der Waals surface area (Å²) in [6, 6.07) is 4.02. The summed E-state index contributed by atoms with van der Waals surface area (Å²) in [5.41, 5.74) is 0. The lowest BCUT2D eigenvalue weighted by molar-refractivity contribution is -0.120. The number of hydrogen-bond acceptors (Lipinski definition) is 6. The highest BCUT2D eigenvalue weighted by Gasteiger charge is 2.23. The van der Waals surface area contributed by atoms with Gasteiger partial charge in [-0.3, -0.25) is 4.79 Å². The first-order valence-electron chi connectivity index (χ1n) is 7.48. The standard InChI is InChI=1S/C14H19N5O2S/c1-10(13(20)15-11-5-2-3-6-11)22-14-16-17-18-19(14)9-12-7-4-8-21-12/h4,7-8,10-11H,2-3,5-6,9H2,1H3,(H,15,20). The molecule has 3 rings (SSSR count). The van der Waals surface area contributed by atoms with Gasteiger partial charge in [-0.1, -0.05) is 24.6 Å².